The molecule has 32 heavy (non-hydrogen) atoms. The maximum absolute atomic E-state index is 12.1. The van der Waals surface area contributed by atoms with Crippen LogP contribution in [-0.2, 0) is 16.1 Å². The molecule has 2 N–H and O–H groups in total. The maximum atomic E-state index is 12.1. The van der Waals surface area contributed by atoms with Crippen molar-refractivity contribution in [3.63, 3.8) is 0 Å². The molecule has 1 aromatic carbocycles. The number of aromatic nitrogens is 3. The third-order valence-electron chi connectivity index (χ3n) is 5.79. The van der Waals surface area contributed by atoms with Gasteiger partial charge in [-0.15, -0.1) is 5.10 Å². The zero-order chi connectivity index (χ0) is 23.1. The van der Waals surface area contributed by atoms with Crippen LogP contribution in [0.25, 0.3) is 11.0 Å². The second-order valence-corrected chi connectivity index (χ2v) is 8.32. The molecule has 1 aliphatic carbocycles. The SMILES string of the molecule is CCOC(=O)C1CCC(CNC(=O)NCCn2nnc3cc(C(=O)N(C)C)ccc32)CC1. The van der Waals surface area contributed by atoms with E-state index in [2.05, 4.69) is 20.9 Å². The van der Waals surface area contributed by atoms with Crippen molar-refractivity contribution in [2.45, 2.75) is 39.2 Å². The molecule has 0 aliphatic heterocycles. The summed E-state index contributed by atoms with van der Waals surface area (Å²) in [5, 5.41) is 14.0. The van der Waals surface area contributed by atoms with Gasteiger partial charge in [0.25, 0.3) is 5.91 Å². The summed E-state index contributed by atoms with van der Waals surface area (Å²) in [5.41, 5.74) is 2.00. The van der Waals surface area contributed by atoms with Gasteiger partial charge in [-0.2, -0.15) is 0 Å². The van der Waals surface area contributed by atoms with Gasteiger partial charge in [-0.05, 0) is 56.7 Å². The molecule has 10 nitrogen and oxygen atoms in total. The summed E-state index contributed by atoms with van der Waals surface area (Å²) >= 11 is 0. The first-order valence-corrected chi connectivity index (χ1v) is 11.1. The Morgan fingerprint density at radius 3 is 2.59 bits per heavy atom. The molecule has 0 spiro atoms. The molecule has 3 rings (SSSR count). The zero-order valence-electron chi connectivity index (χ0n) is 19.0. The standard InChI is InChI=1S/C22H32N6O4/c1-4-32-21(30)16-7-5-15(6-8-16)14-24-22(31)23-11-12-28-19-10-9-17(20(29)27(2)3)13-18(19)25-26-28/h9-10,13,15-16H,4-8,11-12,14H2,1-3H3,(H2,23,24,31). The largest absolute Gasteiger partial charge is 0.466 e. The number of carbonyl (C=O) groups excluding carboxylic acids is 3. The highest BCUT2D eigenvalue weighted by molar-refractivity contribution is 5.97. The fourth-order valence-electron chi connectivity index (χ4n) is 3.97. The maximum Gasteiger partial charge on any atom is 0.314 e. The molecule has 1 aromatic heterocycles. The first kappa shape index (κ1) is 23.5. The number of nitrogens with zero attached hydrogens (tertiary/aromatic N) is 4. The number of hydrogen-bond donors (Lipinski definition) is 2. The number of rotatable bonds is 8. The molecule has 174 valence electrons. The Bertz CT molecular complexity index is 949. The van der Waals surface area contributed by atoms with Crippen molar-refractivity contribution in [3.8, 4) is 0 Å². The lowest BCUT2D eigenvalue weighted by atomic mass is 9.82. The topological polar surface area (TPSA) is 118 Å². The summed E-state index contributed by atoms with van der Waals surface area (Å²) in [6, 6.07) is 5.07. The zero-order valence-corrected chi connectivity index (χ0v) is 19.0. The van der Waals surface area contributed by atoms with Crippen molar-refractivity contribution < 1.29 is 19.1 Å². The molecule has 10 heteroatoms. The quantitative estimate of drug-likeness (QED) is 0.600. The second kappa shape index (κ2) is 10.9. The average Bonchev–Trinajstić information content (AvgIpc) is 3.19. The van der Waals surface area contributed by atoms with Gasteiger partial charge in [0.2, 0.25) is 0 Å². The third-order valence-corrected chi connectivity index (χ3v) is 5.79. The van der Waals surface area contributed by atoms with Crippen molar-refractivity contribution in [2.24, 2.45) is 11.8 Å². The highest BCUT2D eigenvalue weighted by Gasteiger charge is 2.27. The molecule has 1 heterocycles. The molecule has 0 saturated heterocycles. The smallest absolute Gasteiger partial charge is 0.314 e. The molecule has 2 aromatic rings. The summed E-state index contributed by atoms with van der Waals surface area (Å²) < 4.78 is 6.80. The van der Waals surface area contributed by atoms with Gasteiger partial charge in [0, 0.05) is 32.7 Å². The number of ether oxygens (including phenoxy) is 1. The number of urea groups is 1. The van der Waals surface area contributed by atoms with Gasteiger partial charge in [0.1, 0.15) is 5.52 Å². The van der Waals surface area contributed by atoms with E-state index in [9.17, 15) is 14.4 Å². The van der Waals surface area contributed by atoms with Crippen LogP contribution < -0.4 is 10.6 Å². The van der Waals surface area contributed by atoms with E-state index < -0.39 is 0 Å². The van der Waals surface area contributed by atoms with E-state index in [0.29, 0.717) is 43.2 Å². The molecule has 0 atom stereocenters. The van der Waals surface area contributed by atoms with Crippen LogP contribution >= 0.6 is 0 Å². The van der Waals surface area contributed by atoms with Crippen molar-refractivity contribution in [1.29, 1.82) is 0 Å². The summed E-state index contributed by atoms with van der Waals surface area (Å²) in [7, 11) is 3.41. The number of fused-ring (bicyclic) bond motifs is 1. The Labute approximate surface area is 187 Å². The molecular weight excluding hydrogens is 412 g/mol. The highest BCUT2D eigenvalue weighted by atomic mass is 16.5. The minimum absolute atomic E-state index is 0.00499. The monoisotopic (exact) mass is 444 g/mol. The van der Waals surface area contributed by atoms with Gasteiger partial charge in [0.05, 0.1) is 24.6 Å². The van der Waals surface area contributed by atoms with Crippen LogP contribution in [0.2, 0.25) is 0 Å². The van der Waals surface area contributed by atoms with Gasteiger partial charge in [0.15, 0.2) is 0 Å². The van der Waals surface area contributed by atoms with Crippen LogP contribution in [0.5, 0.6) is 0 Å². The Balaban J connectivity index is 1.39. The number of carbonyl (C=O) groups is 3. The molecule has 0 unspecified atom stereocenters. The fourth-order valence-corrected chi connectivity index (χ4v) is 3.97. The van der Waals surface area contributed by atoms with E-state index in [1.807, 2.05) is 13.0 Å². The number of esters is 1. The molecular formula is C22H32N6O4. The van der Waals surface area contributed by atoms with Crippen molar-refractivity contribution in [2.75, 3.05) is 33.8 Å². The van der Waals surface area contributed by atoms with Gasteiger partial charge >= 0.3 is 12.0 Å². The lowest BCUT2D eigenvalue weighted by Crippen LogP contribution is -2.40. The summed E-state index contributed by atoms with van der Waals surface area (Å²) in [5.74, 6) is 0.186. The molecule has 0 radical (unpaired) electrons. The van der Waals surface area contributed by atoms with E-state index in [1.165, 1.54) is 4.90 Å². The normalized spacial score (nSPS) is 18.2. The molecule has 3 amide bonds. The average molecular weight is 445 g/mol. The van der Waals surface area contributed by atoms with Gasteiger partial charge in [-0.1, -0.05) is 5.21 Å². The van der Waals surface area contributed by atoms with E-state index in [1.54, 1.807) is 30.9 Å². The van der Waals surface area contributed by atoms with Gasteiger partial charge in [-0.3, -0.25) is 9.59 Å². The Kier molecular flexibility index (Phi) is 8.02. The van der Waals surface area contributed by atoms with Gasteiger partial charge in [-0.25, -0.2) is 9.48 Å². The van der Waals surface area contributed by atoms with Crippen molar-refractivity contribution >= 4 is 28.9 Å². The van der Waals surface area contributed by atoms with E-state index in [4.69, 9.17) is 4.74 Å². The first-order valence-electron chi connectivity index (χ1n) is 11.1. The van der Waals surface area contributed by atoms with Crippen LogP contribution in [-0.4, -0.2) is 71.6 Å². The number of benzene rings is 1. The number of amides is 3. The fraction of sp³-hybridized carbons (Fsp3) is 0.591. The molecule has 1 saturated carbocycles. The summed E-state index contributed by atoms with van der Waals surface area (Å²) in [4.78, 5) is 37.5. The predicted molar refractivity (Wildman–Crippen MR) is 119 cm³/mol. The molecule has 1 fully saturated rings. The lowest BCUT2D eigenvalue weighted by molar-refractivity contribution is -0.149. The Hall–Kier alpha value is -3.17. The molecule has 1 aliphatic rings. The second-order valence-electron chi connectivity index (χ2n) is 8.32. The van der Waals surface area contributed by atoms with Gasteiger partial charge < -0.3 is 20.3 Å². The number of hydrogen-bond acceptors (Lipinski definition) is 6. The van der Waals surface area contributed by atoms with Crippen LogP contribution in [0.4, 0.5) is 4.79 Å². The minimum Gasteiger partial charge on any atom is -0.466 e. The molecule has 0 bridgehead atoms. The Morgan fingerprint density at radius 2 is 1.91 bits per heavy atom. The Morgan fingerprint density at radius 1 is 1.16 bits per heavy atom. The number of nitrogens with one attached hydrogen (secondary N) is 2. The highest BCUT2D eigenvalue weighted by Crippen LogP contribution is 2.29. The summed E-state index contributed by atoms with van der Waals surface area (Å²) in [6.07, 6.45) is 3.45. The van der Waals surface area contributed by atoms with E-state index in [-0.39, 0.29) is 23.8 Å². The van der Waals surface area contributed by atoms with Crippen LogP contribution in [0.3, 0.4) is 0 Å². The van der Waals surface area contributed by atoms with Crippen molar-refractivity contribution in [1.82, 2.24) is 30.5 Å². The predicted octanol–water partition coefficient (Wildman–Crippen LogP) is 1.80. The van der Waals surface area contributed by atoms with Crippen LogP contribution in [0.1, 0.15) is 43.0 Å². The van der Waals surface area contributed by atoms with Crippen LogP contribution in [0.15, 0.2) is 18.2 Å². The summed E-state index contributed by atoms with van der Waals surface area (Å²) in [6.45, 7) is 3.70. The third kappa shape index (κ3) is 5.95. The van der Waals surface area contributed by atoms with Crippen molar-refractivity contribution in [3.05, 3.63) is 23.8 Å². The van der Waals surface area contributed by atoms with Crippen LogP contribution in [0, 0.1) is 11.8 Å². The van der Waals surface area contributed by atoms with E-state index in [0.717, 1.165) is 31.2 Å². The minimum atomic E-state index is -0.221. The van der Waals surface area contributed by atoms with E-state index >= 15 is 0 Å². The first-order chi connectivity index (χ1) is 15.4. The lowest BCUT2D eigenvalue weighted by Gasteiger charge is -2.27.